The van der Waals surface area contributed by atoms with Crippen LogP contribution in [0.3, 0.4) is 0 Å². The molecule has 1 atom stereocenters. The molecule has 2 heterocycles. The van der Waals surface area contributed by atoms with Crippen molar-refractivity contribution in [3.05, 3.63) is 94.6 Å². The molecule has 0 spiro atoms. The smallest absolute Gasteiger partial charge is 0.251 e. The van der Waals surface area contributed by atoms with Crippen molar-refractivity contribution in [1.82, 2.24) is 19.8 Å². The number of allylic oxidation sites excluding steroid dienone is 1. The van der Waals surface area contributed by atoms with Crippen LogP contribution in [0, 0.1) is 18.7 Å². The van der Waals surface area contributed by atoms with Gasteiger partial charge < -0.3 is 33.7 Å². The van der Waals surface area contributed by atoms with E-state index in [1.807, 2.05) is 48.8 Å². The molecule has 11 heteroatoms. The SMILES string of the molecule is COc1cc(C(=O)NCC(CCN2CCC(C(=O)c3nc4ccccc4n3CCOCC=C(C)C)CC2)c2ccc(F)cc2)c(C)c(OC)c1OC. The summed E-state index contributed by atoms with van der Waals surface area (Å²) in [6.07, 6.45) is 4.25. The first-order valence-corrected chi connectivity index (χ1v) is 17.9. The fraction of sp³-hybridized carbons (Fsp3) is 0.439. The lowest BCUT2D eigenvalue weighted by atomic mass is 9.90. The number of aromatic nitrogens is 2. The first kappa shape index (κ1) is 38.5. The molecule has 1 N–H and O–H groups in total. The van der Waals surface area contributed by atoms with Crippen LogP contribution in [-0.4, -0.2) is 86.9 Å². The number of para-hydroxylation sites is 2. The second kappa shape index (κ2) is 18.1. The number of Topliss-reactive ketones (excluding diaryl/α,β-unsaturated/α-hetero) is 1. The van der Waals surface area contributed by atoms with Crippen LogP contribution in [0.25, 0.3) is 11.0 Å². The van der Waals surface area contributed by atoms with Crippen LogP contribution in [-0.2, 0) is 11.3 Å². The molecule has 4 aromatic rings. The summed E-state index contributed by atoms with van der Waals surface area (Å²) < 4.78 is 38.2. The van der Waals surface area contributed by atoms with Crippen molar-refractivity contribution in [2.75, 3.05) is 60.7 Å². The molecule has 0 saturated carbocycles. The molecular weight excluding hydrogens is 663 g/mol. The third-order valence-corrected chi connectivity index (χ3v) is 9.87. The molecule has 1 unspecified atom stereocenters. The second-order valence-electron chi connectivity index (χ2n) is 13.5. The topological polar surface area (TPSA) is 104 Å². The molecule has 1 fully saturated rings. The van der Waals surface area contributed by atoms with Gasteiger partial charge in [-0.25, -0.2) is 9.37 Å². The highest BCUT2D eigenvalue weighted by atomic mass is 19.1. The number of nitrogens with one attached hydrogen (secondary N) is 1. The van der Waals surface area contributed by atoms with Crippen LogP contribution in [0.1, 0.15) is 71.1 Å². The van der Waals surface area contributed by atoms with E-state index < -0.39 is 0 Å². The number of piperidine rings is 1. The lowest BCUT2D eigenvalue weighted by Crippen LogP contribution is -2.38. The number of carbonyl (C=O) groups is 2. The minimum Gasteiger partial charge on any atom is -0.493 e. The van der Waals surface area contributed by atoms with Crippen molar-refractivity contribution in [2.45, 2.75) is 52.5 Å². The maximum Gasteiger partial charge on any atom is 0.251 e. The van der Waals surface area contributed by atoms with Gasteiger partial charge in [0.25, 0.3) is 5.91 Å². The number of nitrogens with zero attached hydrogens (tertiary/aromatic N) is 3. The van der Waals surface area contributed by atoms with Crippen molar-refractivity contribution in [3.63, 3.8) is 0 Å². The molecule has 278 valence electrons. The molecule has 0 bridgehead atoms. The highest BCUT2D eigenvalue weighted by Crippen LogP contribution is 2.41. The molecule has 10 nitrogen and oxygen atoms in total. The van der Waals surface area contributed by atoms with Gasteiger partial charge in [-0.15, -0.1) is 0 Å². The third-order valence-electron chi connectivity index (χ3n) is 9.87. The normalized spacial score (nSPS) is 14.2. The highest BCUT2D eigenvalue weighted by molar-refractivity contribution is 5.98. The van der Waals surface area contributed by atoms with Crippen molar-refractivity contribution < 1.29 is 32.9 Å². The molecule has 0 radical (unpaired) electrons. The Labute approximate surface area is 305 Å². The van der Waals surface area contributed by atoms with E-state index in [0.29, 0.717) is 60.5 Å². The average Bonchev–Trinajstić information content (AvgIpc) is 3.53. The average molecular weight is 715 g/mol. The van der Waals surface area contributed by atoms with Crippen molar-refractivity contribution in [2.24, 2.45) is 5.92 Å². The van der Waals surface area contributed by atoms with E-state index in [1.165, 1.54) is 39.0 Å². The molecule has 3 aromatic carbocycles. The van der Waals surface area contributed by atoms with Gasteiger partial charge in [-0.2, -0.15) is 0 Å². The summed E-state index contributed by atoms with van der Waals surface area (Å²) >= 11 is 0. The number of benzene rings is 3. The zero-order valence-corrected chi connectivity index (χ0v) is 31.2. The highest BCUT2D eigenvalue weighted by Gasteiger charge is 2.30. The predicted molar refractivity (Wildman–Crippen MR) is 200 cm³/mol. The van der Waals surface area contributed by atoms with E-state index in [4.69, 9.17) is 23.9 Å². The van der Waals surface area contributed by atoms with Gasteiger partial charge in [-0.1, -0.05) is 35.9 Å². The Bertz CT molecular complexity index is 1860. The predicted octanol–water partition coefficient (Wildman–Crippen LogP) is 6.99. The van der Waals surface area contributed by atoms with E-state index in [9.17, 15) is 14.0 Å². The molecular formula is C41H51FN4O6. The number of hydrogen-bond acceptors (Lipinski definition) is 8. The monoisotopic (exact) mass is 714 g/mol. The van der Waals surface area contributed by atoms with Gasteiger partial charge in [0.1, 0.15) is 5.82 Å². The quantitative estimate of drug-likeness (QED) is 0.0710. The van der Waals surface area contributed by atoms with E-state index in [2.05, 4.69) is 10.2 Å². The van der Waals surface area contributed by atoms with Gasteiger partial charge in [-0.3, -0.25) is 9.59 Å². The summed E-state index contributed by atoms with van der Waals surface area (Å²) in [5, 5.41) is 3.09. The first-order valence-electron chi connectivity index (χ1n) is 17.9. The number of amides is 1. The van der Waals surface area contributed by atoms with E-state index in [0.717, 1.165) is 55.5 Å². The standard InChI is InChI=1S/C41H51FN4O6/c1-27(2)18-23-52-24-22-46-35-10-8-7-9-34(35)44-40(46)37(47)30-15-19-45(20-16-30)21-17-31(29-11-13-32(42)14-12-29)26-43-41(48)33-25-36(49-4)39(51-6)38(50-5)28(33)3/h7-14,18,25,30-31H,15-17,19-24,26H2,1-6H3,(H,43,48). The van der Waals surface area contributed by atoms with Gasteiger partial charge in [0.2, 0.25) is 11.5 Å². The lowest BCUT2D eigenvalue weighted by molar-refractivity contribution is 0.0819. The van der Waals surface area contributed by atoms with E-state index in [1.54, 1.807) is 25.1 Å². The van der Waals surface area contributed by atoms with Crippen LogP contribution in [0.15, 0.2) is 66.2 Å². The Morgan fingerprint density at radius 1 is 0.981 bits per heavy atom. The number of hydrogen-bond donors (Lipinski definition) is 1. The van der Waals surface area contributed by atoms with Crippen LogP contribution in [0.2, 0.25) is 0 Å². The number of ether oxygens (including phenoxy) is 4. The Morgan fingerprint density at radius 3 is 2.37 bits per heavy atom. The van der Waals surface area contributed by atoms with Gasteiger partial charge in [0.15, 0.2) is 17.3 Å². The summed E-state index contributed by atoms with van der Waals surface area (Å²) in [4.78, 5) is 34.6. The Hall–Kier alpha value is -4.74. The Balaban J connectivity index is 1.22. The number of imidazole rings is 1. The fourth-order valence-corrected chi connectivity index (χ4v) is 6.86. The van der Waals surface area contributed by atoms with Crippen LogP contribution < -0.4 is 19.5 Å². The minimum atomic E-state index is -0.309. The number of halogens is 1. The lowest BCUT2D eigenvalue weighted by Gasteiger charge is -2.32. The van der Waals surface area contributed by atoms with E-state index >= 15 is 0 Å². The number of ketones is 1. The summed E-state index contributed by atoms with van der Waals surface area (Å²) in [5.74, 6) is 1.07. The van der Waals surface area contributed by atoms with Crippen molar-refractivity contribution in [3.8, 4) is 17.2 Å². The molecule has 1 amide bonds. The van der Waals surface area contributed by atoms with Gasteiger partial charge >= 0.3 is 0 Å². The van der Waals surface area contributed by atoms with Gasteiger partial charge in [0, 0.05) is 36.1 Å². The second-order valence-corrected chi connectivity index (χ2v) is 13.5. The maximum atomic E-state index is 13.9. The number of carbonyl (C=O) groups excluding carboxylic acids is 2. The molecule has 5 rings (SSSR count). The summed E-state index contributed by atoms with van der Waals surface area (Å²) in [6, 6.07) is 16.0. The van der Waals surface area contributed by atoms with Gasteiger partial charge in [0.05, 0.1) is 45.6 Å². The number of likely N-dealkylation sites (tertiary alicyclic amines) is 1. The number of rotatable bonds is 17. The third kappa shape index (κ3) is 9.18. The number of fused-ring (bicyclic) bond motifs is 1. The molecule has 1 saturated heterocycles. The van der Waals surface area contributed by atoms with Crippen molar-refractivity contribution in [1.29, 1.82) is 0 Å². The summed E-state index contributed by atoms with van der Waals surface area (Å²) in [5.41, 5.74) is 4.95. The zero-order valence-electron chi connectivity index (χ0n) is 31.2. The molecule has 1 aliphatic heterocycles. The molecule has 52 heavy (non-hydrogen) atoms. The Morgan fingerprint density at radius 2 is 1.69 bits per heavy atom. The zero-order chi connectivity index (χ0) is 37.2. The minimum absolute atomic E-state index is 0.0647. The summed E-state index contributed by atoms with van der Waals surface area (Å²) in [7, 11) is 4.56. The van der Waals surface area contributed by atoms with Gasteiger partial charge in [-0.05, 0) is 95.6 Å². The fourth-order valence-electron chi connectivity index (χ4n) is 6.86. The Kier molecular flexibility index (Phi) is 13.4. The maximum absolute atomic E-state index is 13.9. The van der Waals surface area contributed by atoms with Crippen LogP contribution in [0.4, 0.5) is 4.39 Å². The van der Waals surface area contributed by atoms with Crippen molar-refractivity contribution >= 4 is 22.7 Å². The largest absolute Gasteiger partial charge is 0.493 e. The molecule has 1 aliphatic rings. The molecule has 0 aliphatic carbocycles. The summed E-state index contributed by atoms with van der Waals surface area (Å²) in [6.45, 7) is 10.1. The van der Waals surface area contributed by atoms with Crippen LogP contribution in [0.5, 0.6) is 17.2 Å². The number of methoxy groups -OCH3 is 3. The van der Waals surface area contributed by atoms with E-state index in [-0.39, 0.29) is 29.3 Å². The molecule has 1 aromatic heterocycles. The first-order chi connectivity index (χ1) is 25.1. The van der Waals surface area contributed by atoms with Crippen LogP contribution >= 0.6 is 0 Å².